The molecular formula is C18H22N2S. The first-order valence-electron chi connectivity index (χ1n) is 7.42. The third-order valence-corrected chi connectivity index (χ3v) is 4.65. The Morgan fingerprint density at radius 2 is 1.86 bits per heavy atom. The Labute approximate surface area is 131 Å². The molecule has 0 unspecified atom stereocenters. The highest BCUT2D eigenvalue weighted by atomic mass is 32.1. The number of nitrogens with zero attached hydrogens (tertiary/aromatic N) is 2. The van der Waals surface area contributed by atoms with Gasteiger partial charge in [0.2, 0.25) is 0 Å². The molecule has 0 saturated heterocycles. The summed E-state index contributed by atoms with van der Waals surface area (Å²) in [6.45, 7) is 8.80. The lowest BCUT2D eigenvalue weighted by molar-refractivity contribution is 0.590. The molecule has 1 heterocycles. The molecule has 0 bridgehead atoms. The molecule has 0 atom stereocenters. The quantitative estimate of drug-likeness (QED) is 0.785. The lowest BCUT2D eigenvalue weighted by Crippen LogP contribution is -2.10. The normalized spacial score (nSPS) is 11.4. The van der Waals surface area contributed by atoms with Crippen LogP contribution in [0.15, 0.2) is 24.3 Å². The summed E-state index contributed by atoms with van der Waals surface area (Å²) in [5.74, 6) is 0. The highest BCUT2D eigenvalue weighted by Crippen LogP contribution is 2.31. The summed E-state index contributed by atoms with van der Waals surface area (Å²) in [7, 11) is 0. The van der Waals surface area contributed by atoms with Crippen LogP contribution in [0, 0.1) is 11.3 Å². The van der Waals surface area contributed by atoms with Gasteiger partial charge >= 0.3 is 0 Å². The second kappa shape index (κ2) is 6.41. The van der Waals surface area contributed by atoms with Gasteiger partial charge in [0.25, 0.3) is 0 Å². The van der Waals surface area contributed by atoms with Gasteiger partial charge in [0.05, 0.1) is 18.2 Å². The van der Waals surface area contributed by atoms with Crippen LogP contribution in [-0.2, 0) is 18.3 Å². The number of hydrogen-bond donors (Lipinski definition) is 0. The molecule has 21 heavy (non-hydrogen) atoms. The Hall–Kier alpha value is -1.66. The molecule has 2 aromatic rings. The van der Waals surface area contributed by atoms with Crippen LogP contribution in [0.5, 0.6) is 0 Å². The summed E-state index contributed by atoms with van der Waals surface area (Å²) in [5, 5.41) is 9.98. The van der Waals surface area contributed by atoms with Gasteiger partial charge in [0, 0.05) is 10.4 Å². The first-order chi connectivity index (χ1) is 9.95. The number of thiazole rings is 1. The molecule has 2 nitrogen and oxygen atoms in total. The smallest absolute Gasteiger partial charge is 0.123 e. The summed E-state index contributed by atoms with van der Waals surface area (Å²) in [5.41, 5.74) is 3.74. The van der Waals surface area contributed by atoms with E-state index in [-0.39, 0.29) is 5.41 Å². The maximum atomic E-state index is 8.95. The van der Waals surface area contributed by atoms with E-state index in [1.165, 1.54) is 5.56 Å². The van der Waals surface area contributed by atoms with Gasteiger partial charge in [-0.3, -0.25) is 0 Å². The van der Waals surface area contributed by atoms with Crippen molar-refractivity contribution in [1.82, 2.24) is 4.98 Å². The molecule has 0 amide bonds. The lowest BCUT2D eigenvalue weighted by atomic mass is 9.87. The molecule has 3 heteroatoms. The first-order valence-corrected chi connectivity index (χ1v) is 8.23. The fourth-order valence-electron chi connectivity index (χ4n) is 2.26. The first kappa shape index (κ1) is 15.7. The van der Waals surface area contributed by atoms with Crippen molar-refractivity contribution in [2.24, 2.45) is 0 Å². The fraction of sp³-hybridized carbons (Fsp3) is 0.444. The van der Waals surface area contributed by atoms with E-state index >= 15 is 0 Å². The van der Waals surface area contributed by atoms with Crippen molar-refractivity contribution in [3.05, 3.63) is 40.4 Å². The molecule has 2 rings (SSSR count). The van der Waals surface area contributed by atoms with Crippen LogP contribution in [0.3, 0.4) is 0 Å². The van der Waals surface area contributed by atoms with Gasteiger partial charge in [0.15, 0.2) is 0 Å². The highest BCUT2D eigenvalue weighted by molar-refractivity contribution is 7.15. The molecule has 0 fully saturated rings. The Morgan fingerprint density at radius 1 is 1.19 bits per heavy atom. The standard InChI is InChI=1S/C18H22N2S/c1-5-6-15-16(11-12-19)21-17(20-15)13-7-9-14(10-8-13)18(2,3)4/h7-10H,5-6,11H2,1-4H3. The number of aromatic nitrogens is 1. The van der Waals surface area contributed by atoms with Crippen molar-refractivity contribution in [1.29, 1.82) is 5.26 Å². The van der Waals surface area contributed by atoms with Gasteiger partial charge in [0.1, 0.15) is 5.01 Å². The van der Waals surface area contributed by atoms with E-state index in [1.807, 2.05) is 0 Å². The summed E-state index contributed by atoms with van der Waals surface area (Å²) in [4.78, 5) is 5.87. The Kier molecular flexibility index (Phi) is 4.80. The van der Waals surface area contributed by atoms with Crippen LogP contribution >= 0.6 is 11.3 Å². The number of aryl methyl sites for hydroxylation is 1. The zero-order chi connectivity index (χ0) is 15.5. The lowest BCUT2D eigenvalue weighted by Gasteiger charge is -2.18. The Morgan fingerprint density at radius 3 is 2.38 bits per heavy atom. The third-order valence-electron chi connectivity index (χ3n) is 3.50. The minimum Gasteiger partial charge on any atom is -0.241 e. The fourth-order valence-corrected chi connectivity index (χ4v) is 3.31. The molecule has 0 aliphatic carbocycles. The Bertz CT molecular complexity index is 639. The highest BCUT2D eigenvalue weighted by Gasteiger charge is 2.15. The minimum absolute atomic E-state index is 0.167. The van der Waals surface area contributed by atoms with Crippen LogP contribution in [0.1, 0.15) is 50.3 Å². The van der Waals surface area contributed by atoms with E-state index in [1.54, 1.807) is 11.3 Å². The predicted octanol–water partition coefficient (Wildman–Crippen LogP) is 5.13. The van der Waals surface area contributed by atoms with E-state index in [4.69, 9.17) is 10.2 Å². The van der Waals surface area contributed by atoms with Crippen LogP contribution in [0.4, 0.5) is 0 Å². The monoisotopic (exact) mass is 298 g/mol. The van der Waals surface area contributed by atoms with Crippen molar-refractivity contribution >= 4 is 11.3 Å². The van der Waals surface area contributed by atoms with Gasteiger partial charge in [-0.2, -0.15) is 5.26 Å². The van der Waals surface area contributed by atoms with E-state index < -0.39 is 0 Å². The van der Waals surface area contributed by atoms with Crippen LogP contribution in [-0.4, -0.2) is 4.98 Å². The number of nitriles is 1. The molecule has 0 radical (unpaired) electrons. The van der Waals surface area contributed by atoms with Crippen molar-refractivity contribution in [3.8, 4) is 16.6 Å². The van der Waals surface area contributed by atoms with Crippen LogP contribution < -0.4 is 0 Å². The molecule has 0 spiro atoms. The van der Waals surface area contributed by atoms with E-state index in [0.717, 1.165) is 34.0 Å². The molecule has 0 saturated carbocycles. The number of benzene rings is 1. The van der Waals surface area contributed by atoms with Crippen molar-refractivity contribution in [2.75, 3.05) is 0 Å². The predicted molar refractivity (Wildman–Crippen MR) is 89.6 cm³/mol. The van der Waals surface area contributed by atoms with Crippen molar-refractivity contribution in [3.63, 3.8) is 0 Å². The zero-order valence-corrected chi connectivity index (χ0v) is 14.0. The van der Waals surface area contributed by atoms with Gasteiger partial charge in [-0.1, -0.05) is 58.4 Å². The van der Waals surface area contributed by atoms with E-state index in [2.05, 4.69) is 58.0 Å². The maximum Gasteiger partial charge on any atom is 0.123 e. The molecule has 0 aliphatic heterocycles. The largest absolute Gasteiger partial charge is 0.241 e. The SMILES string of the molecule is CCCc1nc(-c2ccc(C(C)(C)C)cc2)sc1CC#N. The van der Waals surface area contributed by atoms with Gasteiger partial charge in [-0.15, -0.1) is 11.3 Å². The number of hydrogen-bond acceptors (Lipinski definition) is 3. The van der Waals surface area contributed by atoms with Gasteiger partial charge < -0.3 is 0 Å². The molecule has 0 N–H and O–H groups in total. The summed E-state index contributed by atoms with van der Waals surface area (Å²) in [6.07, 6.45) is 2.48. The zero-order valence-electron chi connectivity index (χ0n) is 13.2. The van der Waals surface area contributed by atoms with E-state index in [0.29, 0.717) is 6.42 Å². The van der Waals surface area contributed by atoms with Crippen LogP contribution in [0.25, 0.3) is 10.6 Å². The third kappa shape index (κ3) is 3.71. The second-order valence-corrected chi connectivity index (χ2v) is 7.38. The molecule has 110 valence electrons. The molecular weight excluding hydrogens is 276 g/mol. The summed E-state index contributed by atoms with van der Waals surface area (Å²) >= 11 is 1.66. The van der Waals surface area contributed by atoms with Gasteiger partial charge in [-0.25, -0.2) is 4.98 Å². The average Bonchev–Trinajstić information content (AvgIpc) is 2.82. The Balaban J connectivity index is 2.34. The molecule has 0 aliphatic rings. The van der Waals surface area contributed by atoms with Gasteiger partial charge in [-0.05, 0) is 17.4 Å². The van der Waals surface area contributed by atoms with Crippen LogP contribution in [0.2, 0.25) is 0 Å². The average molecular weight is 298 g/mol. The molecule has 1 aromatic carbocycles. The molecule has 1 aromatic heterocycles. The summed E-state index contributed by atoms with van der Waals surface area (Å²) in [6, 6.07) is 10.9. The minimum atomic E-state index is 0.167. The topological polar surface area (TPSA) is 36.7 Å². The maximum absolute atomic E-state index is 8.95. The van der Waals surface area contributed by atoms with Crippen molar-refractivity contribution in [2.45, 2.75) is 52.4 Å². The summed E-state index contributed by atoms with van der Waals surface area (Å²) < 4.78 is 0. The second-order valence-electron chi connectivity index (χ2n) is 6.30. The van der Waals surface area contributed by atoms with Crippen molar-refractivity contribution < 1.29 is 0 Å². The van der Waals surface area contributed by atoms with E-state index in [9.17, 15) is 0 Å². The number of rotatable bonds is 4.